The van der Waals surface area contributed by atoms with Crippen molar-refractivity contribution in [3.8, 4) is 0 Å². The monoisotopic (exact) mass is 305 g/mol. The van der Waals surface area contributed by atoms with Gasteiger partial charge in [0, 0.05) is 43.7 Å². The van der Waals surface area contributed by atoms with Gasteiger partial charge in [-0.05, 0) is 39.9 Å². The Morgan fingerprint density at radius 1 is 1.30 bits per heavy atom. The van der Waals surface area contributed by atoms with Crippen LogP contribution in [0, 0.1) is 0 Å². The molecule has 0 saturated carbocycles. The summed E-state index contributed by atoms with van der Waals surface area (Å²) in [7, 11) is 1.49. The zero-order chi connectivity index (χ0) is 15.2. The van der Waals surface area contributed by atoms with Crippen LogP contribution >= 0.6 is 0 Å². The van der Waals surface area contributed by atoms with E-state index in [9.17, 15) is 8.42 Å². The number of nitrogens with zero attached hydrogens (tertiary/aromatic N) is 2. The summed E-state index contributed by atoms with van der Waals surface area (Å²) in [5.74, 6) is 0.295. The second-order valence-corrected chi connectivity index (χ2v) is 8.40. The van der Waals surface area contributed by atoms with Gasteiger partial charge in [0.05, 0.1) is 0 Å². The topological polar surface area (TPSA) is 52.7 Å². The van der Waals surface area contributed by atoms with Crippen LogP contribution in [0.1, 0.15) is 26.2 Å². The molecule has 0 aromatic heterocycles. The first-order valence-electron chi connectivity index (χ1n) is 7.63. The molecule has 20 heavy (non-hydrogen) atoms. The minimum atomic E-state index is -2.85. The molecule has 6 heteroatoms. The highest BCUT2D eigenvalue weighted by atomic mass is 32.2. The highest BCUT2D eigenvalue weighted by Crippen LogP contribution is 2.14. The Hall–Kier alpha value is -0.170. The van der Waals surface area contributed by atoms with E-state index in [1.807, 2.05) is 0 Å². The predicted molar refractivity (Wildman–Crippen MR) is 84.9 cm³/mol. The van der Waals surface area contributed by atoms with Gasteiger partial charge in [0.1, 0.15) is 9.84 Å². The third kappa shape index (κ3) is 6.52. The molecule has 0 radical (unpaired) electrons. The lowest BCUT2D eigenvalue weighted by atomic mass is 9.99. The summed E-state index contributed by atoms with van der Waals surface area (Å²) in [5, 5.41) is 3.61. The lowest BCUT2D eigenvalue weighted by Crippen LogP contribution is -2.58. The molecule has 1 N–H and O–H groups in total. The molecular weight excluding hydrogens is 274 g/mol. The van der Waals surface area contributed by atoms with Crippen molar-refractivity contribution in [2.75, 3.05) is 52.3 Å². The first kappa shape index (κ1) is 17.9. The van der Waals surface area contributed by atoms with Gasteiger partial charge in [-0.3, -0.25) is 4.90 Å². The van der Waals surface area contributed by atoms with Gasteiger partial charge in [0.15, 0.2) is 0 Å². The van der Waals surface area contributed by atoms with Crippen LogP contribution < -0.4 is 5.32 Å². The Kier molecular flexibility index (Phi) is 7.43. The average Bonchev–Trinajstić information content (AvgIpc) is 2.35. The Morgan fingerprint density at radius 3 is 2.60 bits per heavy atom. The molecule has 0 bridgehead atoms. The van der Waals surface area contributed by atoms with Gasteiger partial charge in [-0.15, -0.1) is 0 Å². The fourth-order valence-electron chi connectivity index (χ4n) is 2.80. The summed E-state index contributed by atoms with van der Waals surface area (Å²) in [6.07, 6.45) is 4.10. The van der Waals surface area contributed by atoms with E-state index >= 15 is 0 Å². The summed E-state index contributed by atoms with van der Waals surface area (Å²) in [4.78, 5) is 4.77. The largest absolute Gasteiger partial charge is 0.312 e. The van der Waals surface area contributed by atoms with E-state index in [-0.39, 0.29) is 0 Å². The molecular formula is C14H31N3O2S. The average molecular weight is 305 g/mol. The van der Waals surface area contributed by atoms with Gasteiger partial charge >= 0.3 is 0 Å². The lowest BCUT2D eigenvalue weighted by Gasteiger charge is -2.42. The third-order valence-electron chi connectivity index (χ3n) is 4.05. The van der Waals surface area contributed by atoms with E-state index in [0.29, 0.717) is 17.8 Å². The van der Waals surface area contributed by atoms with Crippen molar-refractivity contribution in [3.05, 3.63) is 0 Å². The molecule has 2 atom stereocenters. The Labute approximate surface area is 124 Å². The molecule has 0 spiro atoms. The quantitative estimate of drug-likeness (QED) is 0.705. The summed E-state index contributed by atoms with van der Waals surface area (Å²) in [6.45, 7) is 6.40. The molecule has 1 aliphatic rings. The Bertz CT molecular complexity index is 373. The van der Waals surface area contributed by atoms with Crippen molar-refractivity contribution in [2.24, 2.45) is 0 Å². The maximum atomic E-state index is 11.3. The van der Waals surface area contributed by atoms with Crippen LogP contribution in [0.15, 0.2) is 0 Å². The molecule has 1 saturated heterocycles. The normalized spacial score (nSPS) is 23.9. The number of sulfone groups is 1. The summed E-state index contributed by atoms with van der Waals surface area (Å²) < 4.78 is 22.6. The molecule has 1 fully saturated rings. The standard InChI is InChI=1S/C14H31N3O2S/c1-5-8-15-13(7-6-11-20(4,18)19)14-12-16(2)9-10-17(14)3/h13-15H,5-12H2,1-4H3. The Morgan fingerprint density at radius 2 is 2.00 bits per heavy atom. The van der Waals surface area contributed by atoms with Gasteiger partial charge in [-0.25, -0.2) is 8.42 Å². The van der Waals surface area contributed by atoms with Gasteiger partial charge in [0.25, 0.3) is 0 Å². The first-order valence-corrected chi connectivity index (χ1v) is 9.69. The van der Waals surface area contributed by atoms with E-state index < -0.39 is 9.84 Å². The van der Waals surface area contributed by atoms with Crippen LogP contribution in [-0.4, -0.2) is 82.6 Å². The van der Waals surface area contributed by atoms with Crippen LogP contribution in [0.3, 0.4) is 0 Å². The number of nitrogens with one attached hydrogen (secondary N) is 1. The van der Waals surface area contributed by atoms with Crippen LogP contribution in [0.5, 0.6) is 0 Å². The fourth-order valence-corrected chi connectivity index (χ4v) is 3.50. The molecule has 0 aromatic carbocycles. The van der Waals surface area contributed by atoms with Crippen LogP contribution in [0.25, 0.3) is 0 Å². The second-order valence-electron chi connectivity index (χ2n) is 6.14. The minimum absolute atomic E-state index is 0.295. The molecule has 0 aromatic rings. The molecule has 1 rings (SSSR count). The second kappa shape index (κ2) is 8.32. The number of hydrogen-bond acceptors (Lipinski definition) is 5. The maximum Gasteiger partial charge on any atom is 0.147 e. The highest BCUT2D eigenvalue weighted by Gasteiger charge is 2.29. The highest BCUT2D eigenvalue weighted by molar-refractivity contribution is 7.90. The van der Waals surface area contributed by atoms with Crippen LogP contribution in [0.2, 0.25) is 0 Å². The molecule has 0 aliphatic carbocycles. The number of likely N-dealkylation sites (N-methyl/N-ethyl adjacent to an activating group) is 2. The lowest BCUT2D eigenvalue weighted by molar-refractivity contribution is 0.0851. The Balaban J connectivity index is 2.57. The van der Waals surface area contributed by atoms with Gasteiger partial charge in [-0.1, -0.05) is 6.92 Å². The van der Waals surface area contributed by atoms with E-state index in [1.165, 1.54) is 6.26 Å². The summed E-state index contributed by atoms with van der Waals surface area (Å²) in [6, 6.07) is 0.851. The van der Waals surface area contributed by atoms with Gasteiger partial charge < -0.3 is 10.2 Å². The fraction of sp³-hybridized carbons (Fsp3) is 1.00. The maximum absolute atomic E-state index is 11.3. The molecule has 1 heterocycles. The molecule has 2 unspecified atom stereocenters. The first-order chi connectivity index (χ1) is 9.33. The van der Waals surface area contributed by atoms with Crippen molar-refractivity contribution in [2.45, 2.75) is 38.3 Å². The van der Waals surface area contributed by atoms with Gasteiger partial charge in [0.2, 0.25) is 0 Å². The third-order valence-corrected chi connectivity index (χ3v) is 5.08. The zero-order valence-corrected chi connectivity index (χ0v) is 14.2. The number of piperazine rings is 1. The zero-order valence-electron chi connectivity index (χ0n) is 13.4. The smallest absolute Gasteiger partial charge is 0.147 e. The van der Waals surface area contributed by atoms with E-state index in [4.69, 9.17) is 0 Å². The van der Waals surface area contributed by atoms with Crippen LogP contribution in [-0.2, 0) is 9.84 Å². The van der Waals surface area contributed by atoms with Crippen molar-refractivity contribution < 1.29 is 8.42 Å². The molecule has 120 valence electrons. The van der Waals surface area contributed by atoms with E-state index in [1.54, 1.807) is 0 Å². The minimum Gasteiger partial charge on any atom is -0.312 e. The van der Waals surface area contributed by atoms with Crippen molar-refractivity contribution >= 4 is 9.84 Å². The number of hydrogen-bond donors (Lipinski definition) is 1. The van der Waals surface area contributed by atoms with Crippen molar-refractivity contribution in [1.82, 2.24) is 15.1 Å². The molecule has 0 amide bonds. The summed E-state index contributed by atoms with van der Waals surface area (Å²) in [5.41, 5.74) is 0. The SMILES string of the molecule is CCCNC(CCCS(C)(=O)=O)C1CN(C)CCN1C. The molecule has 1 aliphatic heterocycles. The van der Waals surface area contributed by atoms with Crippen molar-refractivity contribution in [3.63, 3.8) is 0 Å². The number of rotatable bonds is 8. The predicted octanol–water partition coefficient (Wildman–Crippen LogP) is 0.425. The molecule has 5 nitrogen and oxygen atoms in total. The van der Waals surface area contributed by atoms with E-state index in [0.717, 1.165) is 45.4 Å². The van der Waals surface area contributed by atoms with E-state index in [2.05, 4.69) is 36.1 Å². The summed E-state index contributed by atoms with van der Waals surface area (Å²) >= 11 is 0. The van der Waals surface area contributed by atoms with Crippen LogP contribution in [0.4, 0.5) is 0 Å². The van der Waals surface area contributed by atoms with Crippen molar-refractivity contribution in [1.29, 1.82) is 0 Å². The van der Waals surface area contributed by atoms with Gasteiger partial charge in [-0.2, -0.15) is 0 Å².